The molecule has 0 spiro atoms. The molecule has 1 saturated carbocycles. The highest BCUT2D eigenvalue weighted by Crippen LogP contribution is 2.50. The second kappa shape index (κ2) is 24.0. The van der Waals surface area contributed by atoms with E-state index < -0.39 is 24.0 Å². The first-order chi connectivity index (χ1) is 35.6. The molecule has 73 heavy (non-hydrogen) atoms. The van der Waals surface area contributed by atoms with E-state index >= 15 is 0 Å². The number of ether oxygens (including phenoxy) is 5. The van der Waals surface area contributed by atoms with Crippen LogP contribution in [0.2, 0.25) is 0 Å². The molecule has 6 aromatic rings. The summed E-state index contributed by atoms with van der Waals surface area (Å²) in [5.41, 5.74) is 5.80. The lowest BCUT2D eigenvalue weighted by molar-refractivity contribution is -0.0195. The summed E-state index contributed by atoms with van der Waals surface area (Å²) in [6, 6.07) is 48.5. The van der Waals surface area contributed by atoms with Crippen molar-refractivity contribution in [2.24, 2.45) is 0 Å². The van der Waals surface area contributed by atoms with E-state index in [0.29, 0.717) is 12.5 Å². The van der Waals surface area contributed by atoms with Crippen molar-refractivity contribution in [1.82, 2.24) is 0 Å². The average molecular weight is 984 g/mol. The van der Waals surface area contributed by atoms with Crippen LogP contribution in [0.5, 0.6) is 34.5 Å². The smallest absolute Gasteiger partial charge is 0.453 e. The molecule has 3 N–H and O–H groups in total. The van der Waals surface area contributed by atoms with Crippen molar-refractivity contribution in [2.45, 2.75) is 134 Å². The number of nitrogens with zero attached hydrogens (tertiary/aromatic N) is 2. The lowest BCUT2D eigenvalue weighted by atomic mass is 9.99. The van der Waals surface area contributed by atoms with Gasteiger partial charge in [0.1, 0.15) is 17.8 Å². The molecule has 6 aromatic carbocycles. The quantitative estimate of drug-likeness (QED) is 0.0891. The molecule has 0 bridgehead atoms. The van der Waals surface area contributed by atoms with Gasteiger partial charge in [-0.05, 0) is 157 Å². The van der Waals surface area contributed by atoms with E-state index in [9.17, 15) is 15.0 Å². The zero-order valence-electron chi connectivity index (χ0n) is 42.3. The Morgan fingerprint density at radius 1 is 0.521 bits per heavy atom. The summed E-state index contributed by atoms with van der Waals surface area (Å²) in [4.78, 5) is 15.9. The van der Waals surface area contributed by atoms with Gasteiger partial charge in [-0.25, -0.2) is 4.79 Å². The van der Waals surface area contributed by atoms with Crippen LogP contribution in [0.3, 0.4) is 0 Å². The van der Waals surface area contributed by atoms with E-state index in [0.717, 1.165) is 95.8 Å². The fourth-order valence-corrected chi connectivity index (χ4v) is 9.98. The van der Waals surface area contributed by atoms with Crippen LogP contribution in [0.25, 0.3) is 0 Å². The highest BCUT2D eigenvalue weighted by atomic mass is 16.7. The number of rotatable bonds is 3. The van der Waals surface area contributed by atoms with E-state index in [2.05, 4.69) is 69.7 Å². The van der Waals surface area contributed by atoms with Crippen LogP contribution in [0.1, 0.15) is 97.8 Å². The van der Waals surface area contributed by atoms with Gasteiger partial charge in [0.2, 0.25) is 0 Å². The number of anilines is 6. The molecule has 3 aliphatic heterocycles. The molecule has 0 aromatic heterocycles. The number of para-hydroxylation sites is 12. The number of nitrogens with one attached hydrogen (secondary N) is 1. The Kier molecular flexibility index (Phi) is 16.7. The molecule has 3 heterocycles. The summed E-state index contributed by atoms with van der Waals surface area (Å²) >= 11 is 0. The van der Waals surface area contributed by atoms with Crippen molar-refractivity contribution in [3.05, 3.63) is 170 Å². The SMILES string of the molecule is C1=C[C@@H](N2c3ccccc3Oc3ccccc32)CCCC1.CC(C)(C)OC(=O)OC1C=CCCCC1.O[C@H]1[C@@H](O)CCCC[C@@H]1N1c2ccccc2Oc2ccccc21.c1ccc2c(c1)Nc1ccccc1O2. The third-order valence-corrected chi connectivity index (χ3v) is 13.5. The molecule has 380 valence electrons. The lowest BCUT2D eigenvalue weighted by Crippen LogP contribution is -2.46. The number of benzene rings is 6. The predicted molar refractivity (Wildman–Crippen MR) is 291 cm³/mol. The van der Waals surface area contributed by atoms with Gasteiger partial charge in [0.25, 0.3) is 0 Å². The Labute approximate surface area is 430 Å². The monoisotopic (exact) mass is 984 g/mol. The number of allylic oxidation sites excluding steroid dienone is 2. The largest absolute Gasteiger partial charge is 0.509 e. The fourth-order valence-electron chi connectivity index (χ4n) is 9.98. The van der Waals surface area contributed by atoms with E-state index in [-0.39, 0.29) is 12.1 Å². The number of hydrogen-bond donors (Lipinski definition) is 3. The van der Waals surface area contributed by atoms with E-state index in [1.54, 1.807) is 0 Å². The minimum atomic E-state index is -0.767. The summed E-state index contributed by atoms with van der Waals surface area (Å²) in [7, 11) is 0. The Hall–Kier alpha value is -7.21. The molecule has 0 saturated heterocycles. The molecule has 12 rings (SSSR count). The maximum absolute atomic E-state index is 11.4. The van der Waals surface area contributed by atoms with Crippen molar-refractivity contribution < 1.29 is 38.7 Å². The molecule has 6 aliphatic rings. The van der Waals surface area contributed by atoms with Crippen LogP contribution in [0.4, 0.5) is 38.9 Å². The zero-order chi connectivity index (χ0) is 50.6. The van der Waals surface area contributed by atoms with Crippen molar-refractivity contribution >= 4 is 40.3 Å². The summed E-state index contributed by atoms with van der Waals surface area (Å²) in [6.45, 7) is 5.49. The van der Waals surface area contributed by atoms with Gasteiger partial charge in [-0.1, -0.05) is 110 Å². The van der Waals surface area contributed by atoms with Crippen LogP contribution in [-0.4, -0.2) is 52.4 Å². The summed E-state index contributed by atoms with van der Waals surface area (Å²) in [6.07, 6.45) is 19.3. The summed E-state index contributed by atoms with van der Waals surface area (Å²) in [5.74, 6) is 5.24. The molecule has 3 aliphatic carbocycles. The Morgan fingerprint density at radius 3 is 1.48 bits per heavy atom. The van der Waals surface area contributed by atoms with Crippen molar-refractivity contribution in [3.63, 3.8) is 0 Å². The standard InChI is InChI=1S/C19H21NO3.C19H19NO.C12H9NO.C12H20O3/c21-16-10-4-1-9-15(19(16)22)20-13-7-2-5-11-17(13)23-18-12-6-3-8-14(18)20;1-2-4-10-15(9-3-1)20-16-11-5-7-13-18(16)21-19-14-8-6-12-17(19)20;1-3-7-11-9(5-1)13-10-6-2-4-8-12(10)14-11;1-12(2,3)15-11(13)14-10-8-6-4-5-7-9-10/h2-3,5-8,11-12,15-16,19,21-22H,1,4,9-10H2;3,5-9,11-15H,1-2,4,10H2;1-8,13H;6,8,10H,4-5,7,9H2,1-3H3/t15-,16-,19+;15-;;/m01../s1. The number of fused-ring (bicyclic) bond motifs is 6. The molecule has 1 unspecified atom stereocenters. The zero-order valence-corrected chi connectivity index (χ0v) is 42.3. The summed E-state index contributed by atoms with van der Waals surface area (Å²) in [5, 5.41) is 24.3. The van der Waals surface area contributed by atoms with Gasteiger partial charge in [-0.2, -0.15) is 0 Å². The number of aliphatic hydroxyl groups is 2. The van der Waals surface area contributed by atoms with Gasteiger partial charge in [-0.15, -0.1) is 0 Å². The highest BCUT2D eigenvalue weighted by Gasteiger charge is 2.38. The number of aliphatic hydroxyl groups excluding tert-OH is 2. The number of hydrogen-bond acceptors (Lipinski definition) is 11. The summed E-state index contributed by atoms with van der Waals surface area (Å²) < 4.78 is 28.1. The first-order valence-electron chi connectivity index (χ1n) is 26.1. The second-order valence-electron chi connectivity index (χ2n) is 20.1. The Balaban J connectivity index is 0.000000122. The molecule has 11 heteroatoms. The van der Waals surface area contributed by atoms with Gasteiger partial charge in [0.15, 0.2) is 34.5 Å². The van der Waals surface area contributed by atoms with Gasteiger partial charge >= 0.3 is 6.16 Å². The van der Waals surface area contributed by atoms with Gasteiger partial charge in [0, 0.05) is 0 Å². The third-order valence-electron chi connectivity index (χ3n) is 13.5. The van der Waals surface area contributed by atoms with Gasteiger partial charge in [0.05, 0.1) is 52.3 Å². The molecule has 0 amide bonds. The van der Waals surface area contributed by atoms with Gasteiger partial charge in [-0.3, -0.25) is 0 Å². The first-order valence-corrected chi connectivity index (χ1v) is 26.1. The second-order valence-corrected chi connectivity index (χ2v) is 20.1. The minimum absolute atomic E-state index is 0.109. The van der Waals surface area contributed by atoms with Crippen molar-refractivity contribution in [3.8, 4) is 34.5 Å². The third kappa shape index (κ3) is 12.9. The Morgan fingerprint density at radius 2 is 0.945 bits per heavy atom. The average Bonchev–Trinajstić information content (AvgIpc) is 3.90. The lowest BCUT2D eigenvalue weighted by Gasteiger charge is -2.40. The Bertz CT molecular complexity index is 2660. The van der Waals surface area contributed by atoms with Crippen molar-refractivity contribution in [1.29, 1.82) is 0 Å². The first kappa shape index (κ1) is 50.7. The van der Waals surface area contributed by atoms with E-state index in [4.69, 9.17) is 23.7 Å². The van der Waals surface area contributed by atoms with Crippen LogP contribution >= 0.6 is 0 Å². The van der Waals surface area contributed by atoms with Crippen LogP contribution in [-0.2, 0) is 9.47 Å². The predicted octanol–water partition coefficient (Wildman–Crippen LogP) is 16.0. The number of carbonyl (C=O) groups excluding carboxylic acids is 1. The van der Waals surface area contributed by atoms with Gasteiger partial charge < -0.3 is 49.0 Å². The molecule has 11 nitrogen and oxygen atoms in total. The molecule has 1 fully saturated rings. The molecule has 0 radical (unpaired) electrons. The topological polar surface area (TPSA) is 122 Å². The fraction of sp³-hybridized carbons (Fsp3) is 0.339. The van der Waals surface area contributed by atoms with Crippen molar-refractivity contribution in [2.75, 3.05) is 15.1 Å². The normalized spacial score (nSPS) is 21.0. The van der Waals surface area contributed by atoms with Crippen LogP contribution in [0.15, 0.2) is 170 Å². The molecular weight excluding hydrogens is 915 g/mol. The number of carbonyl (C=O) groups is 1. The molecular formula is C62H69N3O8. The van der Waals surface area contributed by atoms with E-state index in [1.807, 2.05) is 136 Å². The van der Waals surface area contributed by atoms with E-state index in [1.165, 1.54) is 43.5 Å². The maximum atomic E-state index is 11.4. The van der Waals surface area contributed by atoms with Crippen LogP contribution in [0, 0.1) is 0 Å². The van der Waals surface area contributed by atoms with Crippen LogP contribution < -0.4 is 29.3 Å². The minimum Gasteiger partial charge on any atom is -0.453 e. The highest BCUT2D eigenvalue weighted by molar-refractivity contribution is 5.80. The molecule has 5 atom stereocenters. The maximum Gasteiger partial charge on any atom is 0.509 e.